The quantitative estimate of drug-likeness (QED) is 0.764. The van der Waals surface area contributed by atoms with E-state index in [1.807, 2.05) is 0 Å². The van der Waals surface area contributed by atoms with Gasteiger partial charge in [0.25, 0.3) is 0 Å². The average molecular weight is 319 g/mol. The Morgan fingerprint density at radius 1 is 1.26 bits per heavy atom. The number of ether oxygens (including phenoxy) is 1. The van der Waals surface area contributed by atoms with Crippen LogP contribution in [0, 0.1) is 19.8 Å². The maximum Gasteiger partial charge on any atom is 0.0589 e. The molecule has 0 unspecified atom stereocenters. The molecule has 1 aliphatic rings. The summed E-state index contributed by atoms with van der Waals surface area (Å²) in [5.74, 6) is 0.841. The van der Waals surface area contributed by atoms with Crippen LogP contribution in [0.15, 0.2) is 12.1 Å². The molecule has 1 aliphatic heterocycles. The second kappa shape index (κ2) is 8.81. The van der Waals surface area contributed by atoms with Gasteiger partial charge in [0.2, 0.25) is 0 Å². The van der Waals surface area contributed by atoms with Crippen LogP contribution in [0.3, 0.4) is 0 Å². The summed E-state index contributed by atoms with van der Waals surface area (Å²) in [4.78, 5) is 4.98. The SMILES string of the molecule is COCCN(C)Cc1cc(C)cc(CN2CCC[C@@H](C)C2)c1C. The van der Waals surface area contributed by atoms with E-state index < -0.39 is 0 Å². The lowest BCUT2D eigenvalue weighted by molar-refractivity contribution is 0.158. The first-order valence-corrected chi connectivity index (χ1v) is 8.98. The summed E-state index contributed by atoms with van der Waals surface area (Å²) < 4.78 is 5.19. The van der Waals surface area contributed by atoms with Gasteiger partial charge < -0.3 is 4.74 Å². The molecule has 130 valence electrons. The maximum atomic E-state index is 5.19. The van der Waals surface area contributed by atoms with Crippen LogP contribution >= 0.6 is 0 Å². The minimum absolute atomic E-state index is 0.792. The summed E-state index contributed by atoms with van der Waals surface area (Å²) in [6.45, 7) is 13.3. The number of piperidine rings is 1. The second-order valence-corrected chi connectivity index (χ2v) is 7.42. The summed E-state index contributed by atoms with van der Waals surface area (Å²) in [5, 5.41) is 0. The van der Waals surface area contributed by atoms with Crippen LogP contribution in [0.25, 0.3) is 0 Å². The van der Waals surface area contributed by atoms with E-state index in [1.165, 1.54) is 48.2 Å². The van der Waals surface area contributed by atoms with E-state index in [2.05, 4.69) is 49.8 Å². The van der Waals surface area contributed by atoms with Gasteiger partial charge >= 0.3 is 0 Å². The minimum Gasteiger partial charge on any atom is -0.383 e. The highest BCUT2D eigenvalue weighted by Crippen LogP contribution is 2.23. The molecule has 1 fully saturated rings. The summed E-state index contributed by atoms with van der Waals surface area (Å²) in [5.41, 5.74) is 5.82. The summed E-state index contributed by atoms with van der Waals surface area (Å²) in [6.07, 6.45) is 2.73. The van der Waals surface area contributed by atoms with Gasteiger partial charge in [-0.3, -0.25) is 9.80 Å². The maximum absolute atomic E-state index is 5.19. The molecule has 1 heterocycles. The van der Waals surface area contributed by atoms with Gasteiger partial charge in [-0.15, -0.1) is 0 Å². The van der Waals surface area contributed by atoms with Gasteiger partial charge in [-0.2, -0.15) is 0 Å². The molecule has 3 nitrogen and oxygen atoms in total. The molecule has 0 radical (unpaired) electrons. The highest BCUT2D eigenvalue weighted by molar-refractivity contribution is 5.38. The van der Waals surface area contributed by atoms with Gasteiger partial charge in [-0.25, -0.2) is 0 Å². The first-order chi connectivity index (χ1) is 11.0. The third-order valence-electron chi connectivity index (χ3n) is 5.02. The smallest absolute Gasteiger partial charge is 0.0589 e. The van der Waals surface area contributed by atoms with Crippen molar-refractivity contribution in [1.29, 1.82) is 0 Å². The van der Waals surface area contributed by atoms with E-state index in [4.69, 9.17) is 4.74 Å². The first-order valence-electron chi connectivity index (χ1n) is 8.98. The Bertz CT molecular complexity index is 501. The molecule has 1 atom stereocenters. The van der Waals surface area contributed by atoms with E-state index in [9.17, 15) is 0 Å². The number of nitrogens with zero attached hydrogens (tertiary/aromatic N) is 2. The minimum atomic E-state index is 0.792. The van der Waals surface area contributed by atoms with Crippen LogP contribution < -0.4 is 0 Å². The van der Waals surface area contributed by atoms with Gasteiger partial charge in [-0.1, -0.05) is 24.6 Å². The van der Waals surface area contributed by atoms with E-state index in [0.29, 0.717) is 0 Å². The Morgan fingerprint density at radius 2 is 2.00 bits per heavy atom. The molecular weight excluding hydrogens is 284 g/mol. The number of hydrogen-bond acceptors (Lipinski definition) is 3. The zero-order valence-electron chi connectivity index (χ0n) is 15.7. The third kappa shape index (κ3) is 5.59. The van der Waals surface area contributed by atoms with Gasteiger partial charge in [-0.05, 0) is 62.9 Å². The zero-order chi connectivity index (χ0) is 16.8. The van der Waals surface area contributed by atoms with Crippen LogP contribution in [0.4, 0.5) is 0 Å². The largest absolute Gasteiger partial charge is 0.383 e. The van der Waals surface area contributed by atoms with E-state index in [0.717, 1.165) is 32.2 Å². The van der Waals surface area contributed by atoms with Crippen molar-refractivity contribution >= 4 is 0 Å². The third-order valence-corrected chi connectivity index (χ3v) is 5.02. The van der Waals surface area contributed by atoms with E-state index >= 15 is 0 Å². The van der Waals surface area contributed by atoms with Crippen molar-refractivity contribution in [3.8, 4) is 0 Å². The highest BCUT2D eigenvalue weighted by Gasteiger charge is 2.18. The molecule has 0 N–H and O–H groups in total. The topological polar surface area (TPSA) is 15.7 Å². The molecular formula is C20H34N2O. The van der Waals surface area contributed by atoms with Gasteiger partial charge in [0, 0.05) is 33.3 Å². The number of benzene rings is 1. The lowest BCUT2D eigenvalue weighted by Crippen LogP contribution is -2.34. The average Bonchev–Trinajstić information content (AvgIpc) is 2.50. The van der Waals surface area contributed by atoms with Crippen molar-refractivity contribution in [1.82, 2.24) is 9.80 Å². The zero-order valence-corrected chi connectivity index (χ0v) is 15.7. The van der Waals surface area contributed by atoms with Crippen molar-refractivity contribution in [2.45, 2.75) is 46.7 Å². The summed E-state index contributed by atoms with van der Waals surface area (Å²) in [6, 6.07) is 4.73. The van der Waals surface area contributed by atoms with Gasteiger partial charge in [0.15, 0.2) is 0 Å². The molecule has 0 saturated carbocycles. The standard InChI is InChI=1S/C20H34N2O/c1-16-7-6-8-22(13-16)15-20-12-17(2)11-19(18(20)3)14-21(4)9-10-23-5/h11-12,16H,6-10,13-15H2,1-5H3/t16-/m1/s1. The van der Waals surface area contributed by atoms with Crippen LogP contribution in [0.1, 0.15) is 42.0 Å². The second-order valence-electron chi connectivity index (χ2n) is 7.42. The fourth-order valence-electron chi connectivity index (χ4n) is 3.63. The predicted octanol–water partition coefficient (Wildman–Crippen LogP) is 3.61. The fraction of sp³-hybridized carbons (Fsp3) is 0.700. The van der Waals surface area contributed by atoms with Crippen LogP contribution in [-0.2, 0) is 17.8 Å². The molecule has 1 saturated heterocycles. The first kappa shape index (κ1) is 18.4. The van der Waals surface area contributed by atoms with Crippen molar-refractivity contribution in [3.05, 3.63) is 34.4 Å². The van der Waals surface area contributed by atoms with Gasteiger partial charge in [0.05, 0.1) is 6.61 Å². The highest BCUT2D eigenvalue weighted by atomic mass is 16.5. The monoisotopic (exact) mass is 318 g/mol. The Labute approximate surface area is 142 Å². The molecule has 0 spiro atoms. The molecule has 3 heteroatoms. The number of aryl methyl sites for hydroxylation is 1. The summed E-state index contributed by atoms with van der Waals surface area (Å²) in [7, 11) is 3.94. The normalized spacial score (nSPS) is 19.5. The number of hydrogen-bond donors (Lipinski definition) is 0. The van der Waals surface area contributed by atoms with Crippen molar-refractivity contribution in [2.24, 2.45) is 5.92 Å². The molecule has 0 aromatic heterocycles. The lowest BCUT2D eigenvalue weighted by atomic mass is 9.96. The number of methoxy groups -OCH3 is 1. The molecule has 1 aromatic carbocycles. The van der Waals surface area contributed by atoms with Crippen molar-refractivity contribution in [2.75, 3.05) is 40.4 Å². The van der Waals surface area contributed by atoms with E-state index in [-0.39, 0.29) is 0 Å². The Kier molecular flexibility index (Phi) is 7.07. The van der Waals surface area contributed by atoms with Crippen LogP contribution in [-0.4, -0.2) is 50.2 Å². The Morgan fingerprint density at radius 3 is 2.70 bits per heavy atom. The Balaban J connectivity index is 2.07. The predicted molar refractivity (Wildman–Crippen MR) is 97.8 cm³/mol. The fourth-order valence-corrected chi connectivity index (χ4v) is 3.63. The van der Waals surface area contributed by atoms with Gasteiger partial charge in [0.1, 0.15) is 0 Å². The van der Waals surface area contributed by atoms with Crippen LogP contribution in [0.2, 0.25) is 0 Å². The molecule has 0 aliphatic carbocycles. The van der Waals surface area contributed by atoms with E-state index in [1.54, 1.807) is 7.11 Å². The molecule has 0 bridgehead atoms. The summed E-state index contributed by atoms with van der Waals surface area (Å²) >= 11 is 0. The molecule has 0 amide bonds. The number of likely N-dealkylation sites (tertiary alicyclic amines) is 1. The molecule has 2 rings (SSSR count). The number of likely N-dealkylation sites (N-methyl/N-ethyl adjacent to an activating group) is 1. The molecule has 23 heavy (non-hydrogen) atoms. The lowest BCUT2D eigenvalue weighted by Gasteiger charge is -2.31. The van der Waals surface area contributed by atoms with Crippen LogP contribution in [0.5, 0.6) is 0 Å². The molecule has 1 aromatic rings. The van der Waals surface area contributed by atoms with Crippen molar-refractivity contribution < 1.29 is 4.74 Å². The van der Waals surface area contributed by atoms with Crippen molar-refractivity contribution in [3.63, 3.8) is 0 Å². The number of rotatable bonds is 7. The Hall–Kier alpha value is -0.900.